The largest absolute Gasteiger partial charge is 0.381 e. The lowest BCUT2D eigenvalue weighted by Crippen LogP contribution is -2.08. The minimum absolute atomic E-state index is 0.330. The number of halogens is 2. The standard InChI is InChI=1S/C19H20Cl2N2O2/c20-16-6-12(1-3-18(16)22-8-14-10-24-14)5-13-2-4-19(17(21)7-13)23-9-15-11-25-15/h1-4,6-7,14-15,22-23H,5,8-11H2. The van der Waals surface area contributed by atoms with Crippen LogP contribution in [0.1, 0.15) is 11.1 Å². The minimum atomic E-state index is 0.330. The van der Waals surface area contributed by atoms with Gasteiger partial charge in [0.2, 0.25) is 0 Å². The first kappa shape index (κ1) is 17.0. The van der Waals surface area contributed by atoms with Gasteiger partial charge in [0.05, 0.1) is 46.8 Å². The molecule has 2 aromatic rings. The summed E-state index contributed by atoms with van der Waals surface area (Å²) in [7, 11) is 0. The molecule has 2 heterocycles. The lowest BCUT2D eigenvalue weighted by molar-refractivity contribution is 0.416. The number of benzene rings is 2. The second kappa shape index (κ2) is 7.42. The highest BCUT2D eigenvalue weighted by Gasteiger charge is 2.22. The van der Waals surface area contributed by atoms with E-state index in [0.29, 0.717) is 12.2 Å². The average molecular weight is 379 g/mol. The van der Waals surface area contributed by atoms with E-state index in [9.17, 15) is 0 Å². The van der Waals surface area contributed by atoms with Crippen LogP contribution in [0.5, 0.6) is 0 Å². The molecule has 0 saturated carbocycles. The molecule has 0 spiro atoms. The summed E-state index contributed by atoms with van der Waals surface area (Å²) >= 11 is 12.8. The van der Waals surface area contributed by atoms with Crippen molar-refractivity contribution in [1.82, 2.24) is 0 Å². The lowest BCUT2D eigenvalue weighted by atomic mass is 10.0. The van der Waals surface area contributed by atoms with Crippen molar-refractivity contribution in [3.05, 3.63) is 57.6 Å². The first-order valence-corrected chi connectivity index (χ1v) is 9.21. The average Bonchev–Trinajstić information content (AvgIpc) is 3.48. The number of anilines is 2. The summed E-state index contributed by atoms with van der Waals surface area (Å²) in [5, 5.41) is 8.09. The van der Waals surface area contributed by atoms with E-state index in [0.717, 1.165) is 65.3 Å². The maximum atomic E-state index is 6.38. The van der Waals surface area contributed by atoms with Gasteiger partial charge in [0.15, 0.2) is 0 Å². The molecule has 2 atom stereocenters. The van der Waals surface area contributed by atoms with Gasteiger partial charge in [0.1, 0.15) is 0 Å². The molecule has 132 valence electrons. The van der Waals surface area contributed by atoms with Crippen LogP contribution in [0.4, 0.5) is 11.4 Å². The van der Waals surface area contributed by atoms with E-state index in [2.05, 4.69) is 22.8 Å². The first-order chi connectivity index (χ1) is 12.2. The Morgan fingerprint density at radius 1 is 0.800 bits per heavy atom. The molecule has 2 saturated heterocycles. The highest BCUT2D eigenvalue weighted by Crippen LogP contribution is 2.28. The van der Waals surface area contributed by atoms with Gasteiger partial charge in [-0.2, -0.15) is 0 Å². The zero-order valence-electron chi connectivity index (χ0n) is 13.7. The van der Waals surface area contributed by atoms with Gasteiger partial charge in [-0.1, -0.05) is 35.3 Å². The minimum Gasteiger partial charge on any atom is -0.381 e. The van der Waals surface area contributed by atoms with Crippen LogP contribution in [-0.2, 0) is 15.9 Å². The van der Waals surface area contributed by atoms with E-state index >= 15 is 0 Å². The fourth-order valence-corrected chi connectivity index (χ4v) is 3.22. The summed E-state index contributed by atoms with van der Waals surface area (Å²) in [5.41, 5.74) is 4.20. The van der Waals surface area contributed by atoms with Gasteiger partial charge in [-0.05, 0) is 41.8 Å². The van der Waals surface area contributed by atoms with E-state index < -0.39 is 0 Å². The van der Waals surface area contributed by atoms with Gasteiger partial charge in [-0.15, -0.1) is 0 Å². The Morgan fingerprint density at radius 2 is 1.24 bits per heavy atom. The Balaban J connectivity index is 1.38. The number of rotatable bonds is 8. The Hall–Kier alpha value is -1.46. The van der Waals surface area contributed by atoms with Crippen molar-refractivity contribution in [1.29, 1.82) is 0 Å². The third-order valence-electron chi connectivity index (χ3n) is 4.32. The number of epoxide rings is 2. The topological polar surface area (TPSA) is 49.1 Å². The molecule has 4 rings (SSSR count). The summed E-state index contributed by atoms with van der Waals surface area (Å²) in [6.45, 7) is 3.27. The second-order valence-corrected chi connectivity index (χ2v) is 7.29. The van der Waals surface area contributed by atoms with Crippen LogP contribution >= 0.6 is 23.2 Å². The van der Waals surface area contributed by atoms with E-state index in [1.165, 1.54) is 0 Å². The molecule has 2 aromatic carbocycles. The van der Waals surface area contributed by atoms with Gasteiger partial charge in [0.25, 0.3) is 0 Å². The van der Waals surface area contributed by atoms with Crippen LogP contribution in [0.2, 0.25) is 10.0 Å². The second-order valence-electron chi connectivity index (χ2n) is 6.48. The summed E-state index contributed by atoms with van der Waals surface area (Å²) in [6.07, 6.45) is 1.45. The highest BCUT2D eigenvalue weighted by molar-refractivity contribution is 6.33. The van der Waals surface area contributed by atoms with Crippen molar-refractivity contribution < 1.29 is 9.47 Å². The fraction of sp³-hybridized carbons (Fsp3) is 0.368. The summed E-state index contributed by atoms with van der Waals surface area (Å²) in [5.74, 6) is 0. The Labute approximate surface area is 157 Å². The van der Waals surface area contributed by atoms with Crippen molar-refractivity contribution in [2.75, 3.05) is 36.9 Å². The summed E-state index contributed by atoms with van der Waals surface area (Å²) in [4.78, 5) is 0. The molecule has 0 aromatic heterocycles. The Kier molecular flexibility index (Phi) is 5.04. The van der Waals surface area contributed by atoms with Crippen molar-refractivity contribution in [2.24, 2.45) is 0 Å². The maximum Gasteiger partial charge on any atom is 0.0981 e. The van der Waals surface area contributed by atoms with Crippen molar-refractivity contribution in [3.8, 4) is 0 Å². The van der Waals surface area contributed by atoms with Crippen molar-refractivity contribution >= 4 is 34.6 Å². The molecule has 4 nitrogen and oxygen atoms in total. The van der Waals surface area contributed by atoms with Gasteiger partial charge in [-0.3, -0.25) is 0 Å². The molecule has 2 N–H and O–H groups in total. The van der Waals surface area contributed by atoms with Crippen LogP contribution in [0.25, 0.3) is 0 Å². The zero-order chi connectivity index (χ0) is 17.2. The van der Waals surface area contributed by atoms with Crippen LogP contribution in [-0.4, -0.2) is 38.5 Å². The molecule has 2 unspecified atom stereocenters. The SMILES string of the molecule is Clc1cc(Cc2ccc(NCC3CO3)c(Cl)c2)ccc1NCC1CO1. The highest BCUT2D eigenvalue weighted by atomic mass is 35.5. The lowest BCUT2D eigenvalue weighted by Gasteiger charge is -2.11. The molecule has 25 heavy (non-hydrogen) atoms. The molecular weight excluding hydrogens is 359 g/mol. The van der Waals surface area contributed by atoms with Gasteiger partial charge >= 0.3 is 0 Å². The van der Waals surface area contributed by atoms with E-state index in [-0.39, 0.29) is 0 Å². The van der Waals surface area contributed by atoms with E-state index in [1.54, 1.807) is 0 Å². The molecule has 2 aliphatic rings. The first-order valence-electron chi connectivity index (χ1n) is 8.45. The monoisotopic (exact) mass is 378 g/mol. The van der Waals surface area contributed by atoms with Crippen molar-refractivity contribution in [3.63, 3.8) is 0 Å². The summed E-state index contributed by atoms with van der Waals surface area (Å²) in [6, 6.07) is 12.2. The molecule has 6 heteroatoms. The molecular formula is C19H20Cl2N2O2. The van der Waals surface area contributed by atoms with Crippen LogP contribution in [0, 0.1) is 0 Å². The molecule has 0 aliphatic carbocycles. The van der Waals surface area contributed by atoms with E-state index in [4.69, 9.17) is 32.7 Å². The number of hydrogen-bond donors (Lipinski definition) is 2. The predicted octanol–water partition coefficient (Wildman–Crippen LogP) is 4.21. The Morgan fingerprint density at radius 3 is 1.60 bits per heavy atom. The molecule has 2 aliphatic heterocycles. The smallest absolute Gasteiger partial charge is 0.0981 e. The van der Waals surface area contributed by atoms with Crippen molar-refractivity contribution in [2.45, 2.75) is 18.6 Å². The molecule has 0 amide bonds. The molecule has 2 fully saturated rings. The zero-order valence-corrected chi connectivity index (χ0v) is 15.2. The number of nitrogens with one attached hydrogen (secondary N) is 2. The third-order valence-corrected chi connectivity index (χ3v) is 4.95. The number of ether oxygens (including phenoxy) is 2. The third kappa shape index (κ3) is 4.79. The normalized spacial score (nSPS) is 21.0. The summed E-state index contributed by atoms with van der Waals surface area (Å²) < 4.78 is 10.4. The van der Waals surface area contributed by atoms with E-state index in [1.807, 2.05) is 24.3 Å². The van der Waals surface area contributed by atoms with Gasteiger partial charge in [0, 0.05) is 13.1 Å². The molecule has 0 bridgehead atoms. The number of hydrogen-bond acceptors (Lipinski definition) is 4. The quantitative estimate of drug-likeness (QED) is 0.675. The van der Waals surface area contributed by atoms with Gasteiger partial charge in [-0.25, -0.2) is 0 Å². The van der Waals surface area contributed by atoms with Crippen LogP contribution in [0.15, 0.2) is 36.4 Å². The van der Waals surface area contributed by atoms with Gasteiger partial charge < -0.3 is 20.1 Å². The maximum absolute atomic E-state index is 6.38. The predicted molar refractivity (Wildman–Crippen MR) is 102 cm³/mol. The van der Waals surface area contributed by atoms with Crippen LogP contribution < -0.4 is 10.6 Å². The fourth-order valence-electron chi connectivity index (χ4n) is 2.68. The Bertz CT molecular complexity index is 698. The molecule has 0 radical (unpaired) electrons. The van der Waals surface area contributed by atoms with Crippen LogP contribution in [0.3, 0.4) is 0 Å².